The molecule has 1 saturated heterocycles. The van der Waals surface area contributed by atoms with Crippen LogP contribution in [-0.2, 0) is 10.2 Å². The normalized spacial score (nSPS) is 17.8. The summed E-state index contributed by atoms with van der Waals surface area (Å²) in [4.78, 5) is 31.9. The number of amides is 1. The lowest BCUT2D eigenvalue weighted by Crippen LogP contribution is -2.47. The van der Waals surface area contributed by atoms with Crippen LogP contribution >= 0.6 is 11.6 Å². The van der Waals surface area contributed by atoms with Crippen LogP contribution in [0.15, 0.2) is 41.3 Å². The Hall–Kier alpha value is -3.04. The number of aromatic nitrogens is 2. The number of benzene rings is 1. The van der Waals surface area contributed by atoms with Crippen LogP contribution in [0.5, 0.6) is 5.75 Å². The number of hydrogen-bond donors (Lipinski definition) is 1. The number of likely N-dealkylation sites (tertiary alicyclic amines) is 1. The van der Waals surface area contributed by atoms with Gasteiger partial charge in [-0.05, 0) is 69.1 Å². The number of carbonyl (C=O) groups excluding carboxylic acids is 1. The van der Waals surface area contributed by atoms with Crippen molar-refractivity contribution in [2.45, 2.75) is 51.0 Å². The molecule has 2 aromatic heterocycles. The van der Waals surface area contributed by atoms with E-state index in [1.54, 1.807) is 6.07 Å². The fourth-order valence-corrected chi connectivity index (χ4v) is 5.60. The number of alkyl halides is 2. The molecule has 0 aliphatic carbocycles. The molecule has 196 valence electrons. The molecule has 0 saturated carbocycles. The number of carbonyl (C=O) groups is 1. The number of anilines is 1. The highest BCUT2D eigenvalue weighted by Crippen LogP contribution is 2.45. The molecule has 4 heterocycles. The molecule has 1 unspecified atom stereocenters. The van der Waals surface area contributed by atoms with E-state index in [9.17, 15) is 18.4 Å². The molecular formula is C27H29ClF2N4O3. The molecular weight excluding hydrogens is 502 g/mol. The third-order valence-electron chi connectivity index (χ3n) is 7.73. The summed E-state index contributed by atoms with van der Waals surface area (Å²) in [6.45, 7) is 6.18. The van der Waals surface area contributed by atoms with Gasteiger partial charge in [-0.15, -0.1) is 0 Å². The summed E-state index contributed by atoms with van der Waals surface area (Å²) in [5, 5.41) is 3.82. The Balaban J connectivity index is 1.27. The van der Waals surface area contributed by atoms with Crippen molar-refractivity contribution < 1.29 is 18.3 Å². The average molecular weight is 531 g/mol. The number of rotatable bonds is 7. The second-order valence-corrected chi connectivity index (χ2v) is 10.3. The van der Waals surface area contributed by atoms with E-state index >= 15 is 0 Å². The first-order valence-corrected chi connectivity index (χ1v) is 12.9. The van der Waals surface area contributed by atoms with Crippen LogP contribution in [0.2, 0.25) is 5.02 Å². The van der Waals surface area contributed by atoms with Crippen LogP contribution in [-0.4, -0.2) is 46.6 Å². The SMILES string of the molecule is CCC(C)n1c(=O)cc(C(F)F)c2cc(OCCN3CCC4(CC3)C(=O)Nc3ccc(Cl)cc34)cnc21. The van der Waals surface area contributed by atoms with E-state index in [1.807, 2.05) is 26.0 Å². The number of piperidine rings is 1. The van der Waals surface area contributed by atoms with Gasteiger partial charge in [-0.25, -0.2) is 13.8 Å². The van der Waals surface area contributed by atoms with Gasteiger partial charge in [0.25, 0.3) is 12.0 Å². The molecule has 1 fully saturated rings. The van der Waals surface area contributed by atoms with E-state index in [4.69, 9.17) is 16.3 Å². The molecule has 3 aromatic rings. The Morgan fingerprint density at radius 3 is 2.65 bits per heavy atom. The zero-order valence-electron chi connectivity index (χ0n) is 20.8. The van der Waals surface area contributed by atoms with Crippen LogP contribution in [0.1, 0.15) is 56.7 Å². The fraction of sp³-hybridized carbons (Fsp3) is 0.444. The van der Waals surface area contributed by atoms with E-state index in [1.165, 1.54) is 16.8 Å². The standard InChI is InChI=1S/C27H29ClF2N4O3/c1-3-16(2)34-23(35)14-19(24(29)30)20-13-18(15-31-25(20)34)37-11-10-33-8-6-27(7-9-33)21-12-17(28)4-5-22(21)32-26(27)36/h4-5,12-16,24H,3,6-11H2,1-2H3,(H,32,36). The third-order valence-corrected chi connectivity index (χ3v) is 7.96. The average Bonchev–Trinajstić information content (AvgIpc) is 3.14. The van der Waals surface area contributed by atoms with Crippen LogP contribution in [0.4, 0.5) is 14.5 Å². The van der Waals surface area contributed by atoms with Gasteiger partial charge in [0.05, 0.1) is 11.6 Å². The number of fused-ring (bicyclic) bond motifs is 3. The summed E-state index contributed by atoms with van der Waals surface area (Å²) in [6.07, 6.45) is 0.695. The van der Waals surface area contributed by atoms with Gasteiger partial charge in [-0.2, -0.15) is 0 Å². The van der Waals surface area contributed by atoms with Crippen molar-refractivity contribution >= 4 is 34.2 Å². The van der Waals surface area contributed by atoms with E-state index in [0.717, 1.165) is 30.4 Å². The Morgan fingerprint density at radius 1 is 1.19 bits per heavy atom. The first kappa shape index (κ1) is 25.6. The largest absolute Gasteiger partial charge is 0.491 e. The van der Waals surface area contributed by atoms with Crippen LogP contribution in [0.25, 0.3) is 11.0 Å². The predicted octanol–water partition coefficient (Wildman–Crippen LogP) is 5.32. The quantitative estimate of drug-likeness (QED) is 0.447. The van der Waals surface area contributed by atoms with Gasteiger partial charge in [0.15, 0.2) is 0 Å². The molecule has 7 nitrogen and oxygen atoms in total. The molecule has 2 aliphatic rings. The smallest absolute Gasteiger partial charge is 0.264 e. The van der Waals surface area contributed by atoms with E-state index in [0.29, 0.717) is 43.2 Å². The number of hydrogen-bond acceptors (Lipinski definition) is 5. The first-order chi connectivity index (χ1) is 17.7. The molecule has 1 atom stereocenters. The highest BCUT2D eigenvalue weighted by molar-refractivity contribution is 6.31. The number of ether oxygens (including phenoxy) is 1. The number of nitrogens with one attached hydrogen (secondary N) is 1. The molecule has 1 N–H and O–H groups in total. The summed E-state index contributed by atoms with van der Waals surface area (Å²) in [6, 6.07) is 7.88. The maximum absolute atomic E-state index is 13.7. The number of pyridine rings is 2. The first-order valence-electron chi connectivity index (χ1n) is 12.5. The Morgan fingerprint density at radius 2 is 1.95 bits per heavy atom. The van der Waals surface area contributed by atoms with Crippen LogP contribution in [0.3, 0.4) is 0 Å². The molecule has 1 spiro atoms. The minimum Gasteiger partial charge on any atom is -0.491 e. The van der Waals surface area contributed by atoms with Crippen molar-refractivity contribution in [3.05, 3.63) is 63.0 Å². The zero-order chi connectivity index (χ0) is 26.3. The third kappa shape index (κ3) is 4.59. The van der Waals surface area contributed by atoms with Gasteiger partial charge in [0.2, 0.25) is 5.91 Å². The highest BCUT2D eigenvalue weighted by atomic mass is 35.5. The second kappa shape index (κ2) is 10.0. The van der Waals surface area contributed by atoms with Gasteiger partial charge in [-0.3, -0.25) is 19.1 Å². The maximum Gasteiger partial charge on any atom is 0.264 e. The lowest BCUT2D eigenvalue weighted by atomic mass is 9.73. The van der Waals surface area contributed by atoms with Crippen molar-refractivity contribution in [1.29, 1.82) is 0 Å². The lowest BCUT2D eigenvalue weighted by molar-refractivity contribution is -0.122. The summed E-state index contributed by atoms with van der Waals surface area (Å²) >= 11 is 6.20. The second-order valence-electron chi connectivity index (χ2n) is 9.82. The molecule has 1 amide bonds. The van der Waals surface area contributed by atoms with Crippen molar-refractivity contribution in [2.75, 3.05) is 31.6 Å². The van der Waals surface area contributed by atoms with Crippen LogP contribution in [0, 0.1) is 0 Å². The van der Waals surface area contributed by atoms with E-state index < -0.39 is 17.4 Å². The Kier molecular flexibility index (Phi) is 6.93. The molecule has 0 radical (unpaired) electrons. The van der Waals surface area contributed by atoms with Gasteiger partial charge >= 0.3 is 0 Å². The molecule has 5 rings (SSSR count). The summed E-state index contributed by atoms with van der Waals surface area (Å²) in [5.41, 5.74) is 0.652. The van der Waals surface area contributed by atoms with Crippen molar-refractivity contribution in [1.82, 2.24) is 14.5 Å². The van der Waals surface area contributed by atoms with Gasteiger partial charge in [0, 0.05) is 40.3 Å². The molecule has 37 heavy (non-hydrogen) atoms. The van der Waals surface area contributed by atoms with Crippen molar-refractivity contribution in [2.24, 2.45) is 0 Å². The number of nitrogens with zero attached hydrogens (tertiary/aromatic N) is 3. The number of halogens is 3. The molecule has 1 aromatic carbocycles. The zero-order valence-corrected chi connectivity index (χ0v) is 21.5. The topological polar surface area (TPSA) is 76.5 Å². The van der Waals surface area contributed by atoms with Gasteiger partial charge < -0.3 is 10.1 Å². The van der Waals surface area contributed by atoms with E-state index in [-0.39, 0.29) is 28.5 Å². The minimum atomic E-state index is -2.80. The predicted molar refractivity (Wildman–Crippen MR) is 139 cm³/mol. The maximum atomic E-state index is 13.7. The Bertz CT molecular complexity index is 1400. The fourth-order valence-electron chi connectivity index (χ4n) is 5.43. The minimum absolute atomic E-state index is 0.0219. The summed E-state index contributed by atoms with van der Waals surface area (Å²) in [7, 11) is 0. The summed E-state index contributed by atoms with van der Waals surface area (Å²) in [5.74, 6) is 0.393. The van der Waals surface area contributed by atoms with E-state index in [2.05, 4.69) is 15.2 Å². The molecule has 2 aliphatic heterocycles. The van der Waals surface area contributed by atoms with Crippen molar-refractivity contribution in [3.63, 3.8) is 0 Å². The van der Waals surface area contributed by atoms with Gasteiger partial charge in [-0.1, -0.05) is 18.5 Å². The molecule has 10 heteroatoms. The molecule has 0 bridgehead atoms. The van der Waals surface area contributed by atoms with Crippen molar-refractivity contribution in [3.8, 4) is 5.75 Å². The highest BCUT2D eigenvalue weighted by Gasteiger charge is 2.48. The monoisotopic (exact) mass is 530 g/mol. The summed E-state index contributed by atoms with van der Waals surface area (Å²) < 4.78 is 34.8. The van der Waals surface area contributed by atoms with Gasteiger partial charge in [0.1, 0.15) is 18.0 Å². The van der Waals surface area contributed by atoms with Crippen LogP contribution < -0.4 is 15.6 Å². The lowest BCUT2D eigenvalue weighted by Gasteiger charge is -2.37. The Labute approximate surface area is 218 Å².